The first-order valence-electron chi connectivity index (χ1n) is 3.20. The maximum Gasteiger partial charge on any atom is 0.180 e. The highest BCUT2D eigenvalue weighted by Crippen LogP contribution is 2.11. The number of rotatable bonds is 3. The molecule has 1 aromatic rings. The molecule has 0 aliphatic carbocycles. The van der Waals surface area contributed by atoms with E-state index in [1.807, 2.05) is 0 Å². The number of aliphatic hydroxyl groups is 1. The molecule has 5 nitrogen and oxygen atoms in total. The predicted octanol–water partition coefficient (Wildman–Crippen LogP) is 0.0681. The number of hydrogen-bond acceptors (Lipinski definition) is 6. The fourth-order valence-corrected chi connectivity index (χ4v) is 1.26. The molecule has 0 saturated heterocycles. The Morgan fingerprint density at radius 2 is 2.67 bits per heavy atom. The van der Waals surface area contributed by atoms with Gasteiger partial charge in [0, 0.05) is 5.38 Å². The Morgan fingerprint density at radius 3 is 3.08 bits per heavy atom. The highest BCUT2D eigenvalue weighted by Gasteiger charge is 2.06. The van der Waals surface area contributed by atoms with E-state index in [4.69, 9.17) is 10.8 Å². The zero-order valence-electron chi connectivity index (χ0n) is 6.52. The van der Waals surface area contributed by atoms with Crippen molar-refractivity contribution >= 4 is 22.2 Å². The Hall–Kier alpha value is -1.14. The first kappa shape index (κ1) is 8.95. The van der Waals surface area contributed by atoms with Gasteiger partial charge in [-0.3, -0.25) is 0 Å². The first-order chi connectivity index (χ1) is 5.77. The van der Waals surface area contributed by atoms with Crippen LogP contribution in [0.15, 0.2) is 10.5 Å². The number of nitrogen functional groups attached to an aromatic ring is 1. The quantitative estimate of drug-likeness (QED) is 0.518. The number of aromatic nitrogens is 1. The molecule has 0 radical (unpaired) electrons. The molecule has 0 saturated carbocycles. The van der Waals surface area contributed by atoms with Gasteiger partial charge in [0.2, 0.25) is 0 Å². The molecule has 0 unspecified atom stereocenters. The van der Waals surface area contributed by atoms with Gasteiger partial charge in [-0.1, -0.05) is 5.16 Å². The zero-order valence-corrected chi connectivity index (χ0v) is 7.34. The summed E-state index contributed by atoms with van der Waals surface area (Å²) in [5.41, 5.74) is 6.33. The molecule has 6 heteroatoms. The Kier molecular flexibility index (Phi) is 3.01. The van der Waals surface area contributed by atoms with Crippen LogP contribution in [0.2, 0.25) is 0 Å². The summed E-state index contributed by atoms with van der Waals surface area (Å²) in [6, 6.07) is 0. The highest BCUT2D eigenvalue weighted by atomic mass is 32.1. The molecule has 0 spiro atoms. The normalized spacial score (nSPS) is 11.7. The molecule has 0 aliphatic rings. The summed E-state index contributed by atoms with van der Waals surface area (Å²) in [6.45, 7) is -0.211. The van der Waals surface area contributed by atoms with E-state index >= 15 is 0 Å². The third kappa shape index (κ3) is 1.93. The van der Waals surface area contributed by atoms with Crippen molar-refractivity contribution < 1.29 is 9.94 Å². The van der Waals surface area contributed by atoms with Crippen LogP contribution in [0.1, 0.15) is 5.69 Å². The molecule has 1 rings (SSSR count). The van der Waals surface area contributed by atoms with E-state index in [9.17, 15) is 0 Å². The molecule has 0 aliphatic heterocycles. The number of hydrogen-bond donors (Lipinski definition) is 2. The van der Waals surface area contributed by atoms with Gasteiger partial charge in [-0.05, 0) is 0 Å². The number of nitrogens with two attached hydrogens (primary N) is 1. The van der Waals surface area contributed by atoms with Crippen LogP contribution < -0.4 is 5.73 Å². The molecule has 0 atom stereocenters. The van der Waals surface area contributed by atoms with Crippen LogP contribution in [0.5, 0.6) is 0 Å². The molecule has 12 heavy (non-hydrogen) atoms. The largest absolute Gasteiger partial charge is 0.399 e. The second-order valence-corrected chi connectivity index (χ2v) is 2.84. The van der Waals surface area contributed by atoms with Gasteiger partial charge in [-0.25, -0.2) is 4.98 Å². The van der Waals surface area contributed by atoms with E-state index in [0.717, 1.165) is 0 Å². The van der Waals surface area contributed by atoms with Gasteiger partial charge in [0.15, 0.2) is 5.13 Å². The van der Waals surface area contributed by atoms with Crippen molar-refractivity contribution in [2.45, 2.75) is 0 Å². The fourth-order valence-electron chi connectivity index (χ4n) is 0.687. The lowest BCUT2D eigenvalue weighted by molar-refractivity contribution is 0.209. The molecule has 0 bridgehead atoms. The summed E-state index contributed by atoms with van der Waals surface area (Å²) in [4.78, 5) is 8.44. The Morgan fingerprint density at radius 1 is 1.92 bits per heavy atom. The lowest BCUT2D eigenvalue weighted by Gasteiger charge is -1.95. The standard InChI is InChI=1S/C6H9N3O2S/c1-11-9-4(2-10)5-3-12-6(7)8-5/h3,10H,2H2,1H3,(H2,7,8)/b9-4+. The van der Waals surface area contributed by atoms with Crippen molar-refractivity contribution in [3.05, 3.63) is 11.1 Å². The van der Waals surface area contributed by atoms with Gasteiger partial charge in [0.05, 0.1) is 6.61 Å². The first-order valence-corrected chi connectivity index (χ1v) is 4.08. The van der Waals surface area contributed by atoms with E-state index < -0.39 is 0 Å². The molecule has 0 amide bonds. The molecule has 0 fully saturated rings. The van der Waals surface area contributed by atoms with Gasteiger partial charge in [-0.15, -0.1) is 11.3 Å². The van der Waals surface area contributed by atoms with E-state index in [2.05, 4.69) is 15.0 Å². The van der Waals surface area contributed by atoms with E-state index in [-0.39, 0.29) is 6.61 Å². The monoisotopic (exact) mass is 187 g/mol. The minimum atomic E-state index is -0.211. The fraction of sp³-hybridized carbons (Fsp3) is 0.333. The molecule has 3 N–H and O–H groups in total. The van der Waals surface area contributed by atoms with Gasteiger partial charge >= 0.3 is 0 Å². The molecule has 1 aromatic heterocycles. The van der Waals surface area contributed by atoms with Crippen LogP contribution in [0, 0.1) is 0 Å². The van der Waals surface area contributed by atoms with Gasteiger partial charge < -0.3 is 15.7 Å². The Labute approximate surface area is 73.5 Å². The molecule has 66 valence electrons. The topological polar surface area (TPSA) is 80.7 Å². The number of aliphatic hydroxyl groups excluding tert-OH is 1. The summed E-state index contributed by atoms with van der Waals surface area (Å²) in [7, 11) is 1.41. The van der Waals surface area contributed by atoms with E-state index in [0.29, 0.717) is 16.5 Å². The van der Waals surface area contributed by atoms with Crippen LogP contribution in [0.3, 0.4) is 0 Å². The summed E-state index contributed by atoms with van der Waals surface area (Å²) in [6.07, 6.45) is 0. The second-order valence-electron chi connectivity index (χ2n) is 1.95. The molecule has 0 aromatic carbocycles. The van der Waals surface area contributed by atoms with Crippen LogP contribution in [-0.4, -0.2) is 29.5 Å². The average molecular weight is 187 g/mol. The number of oxime groups is 1. The maximum absolute atomic E-state index is 8.83. The van der Waals surface area contributed by atoms with Gasteiger partial charge in [0.1, 0.15) is 18.5 Å². The van der Waals surface area contributed by atoms with Crippen molar-refractivity contribution in [1.82, 2.24) is 4.98 Å². The molecule has 1 heterocycles. The summed E-state index contributed by atoms with van der Waals surface area (Å²) < 4.78 is 0. The Balaban J connectivity index is 2.87. The summed E-state index contributed by atoms with van der Waals surface area (Å²) in [5.74, 6) is 0. The maximum atomic E-state index is 8.83. The zero-order chi connectivity index (χ0) is 8.97. The number of nitrogens with zero attached hydrogens (tertiary/aromatic N) is 2. The van der Waals surface area contributed by atoms with Crippen molar-refractivity contribution in [3.63, 3.8) is 0 Å². The minimum absolute atomic E-state index is 0.211. The van der Waals surface area contributed by atoms with Gasteiger partial charge in [0.25, 0.3) is 0 Å². The smallest absolute Gasteiger partial charge is 0.180 e. The third-order valence-corrected chi connectivity index (χ3v) is 1.84. The number of anilines is 1. The molecular formula is C6H9N3O2S. The van der Waals surface area contributed by atoms with Crippen molar-refractivity contribution in [2.24, 2.45) is 5.16 Å². The van der Waals surface area contributed by atoms with Crippen LogP contribution in [0.4, 0.5) is 5.13 Å². The SMILES string of the molecule is CO/N=C(\CO)c1csc(N)n1. The Bertz CT molecular complexity index is 284. The number of thiazole rings is 1. The lowest BCUT2D eigenvalue weighted by atomic mass is 10.3. The van der Waals surface area contributed by atoms with Crippen LogP contribution in [0.25, 0.3) is 0 Å². The minimum Gasteiger partial charge on any atom is -0.399 e. The van der Waals surface area contributed by atoms with Crippen molar-refractivity contribution in [2.75, 3.05) is 19.5 Å². The van der Waals surface area contributed by atoms with Crippen molar-refractivity contribution in [1.29, 1.82) is 0 Å². The van der Waals surface area contributed by atoms with Gasteiger partial charge in [-0.2, -0.15) is 0 Å². The van der Waals surface area contributed by atoms with Crippen LogP contribution >= 0.6 is 11.3 Å². The van der Waals surface area contributed by atoms with Crippen molar-refractivity contribution in [3.8, 4) is 0 Å². The predicted molar refractivity (Wildman–Crippen MR) is 47.2 cm³/mol. The highest BCUT2D eigenvalue weighted by molar-refractivity contribution is 7.13. The average Bonchev–Trinajstić information content (AvgIpc) is 2.47. The summed E-state index contributed by atoms with van der Waals surface area (Å²) >= 11 is 1.29. The summed E-state index contributed by atoms with van der Waals surface area (Å²) in [5, 5.41) is 14.6. The lowest BCUT2D eigenvalue weighted by Crippen LogP contribution is -2.07. The molecular weight excluding hydrogens is 178 g/mol. The van der Waals surface area contributed by atoms with E-state index in [1.165, 1.54) is 18.4 Å². The van der Waals surface area contributed by atoms with Crippen LogP contribution in [-0.2, 0) is 4.84 Å². The van der Waals surface area contributed by atoms with E-state index in [1.54, 1.807) is 5.38 Å². The third-order valence-electron chi connectivity index (χ3n) is 1.17. The second kappa shape index (κ2) is 4.03.